The summed E-state index contributed by atoms with van der Waals surface area (Å²) in [5, 5.41) is 14.2. The lowest BCUT2D eigenvalue weighted by Crippen LogP contribution is -2.14. The molecule has 0 saturated heterocycles. The van der Waals surface area contributed by atoms with Gasteiger partial charge in [0.1, 0.15) is 12.2 Å². The molecule has 0 saturated carbocycles. The van der Waals surface area contributed by atoms with Gasteiger partial charge in [0, 0.05) is 23.5 Å². The second kappa shape index (κ2) is 6.74. The van der Waals surface area contributed by atoms with Gasteiger partial charge in [-0.1, -0.05) is 17.7 Å². The van der Waals surface area contributed by atoms with E-state index in [2.05, 4.69) is 33.3 Å². The average Bonchev–Trinajstić information content (AvgIpc) is 3.36. The van der Waals surface area contributed by atoms with E-state index >= 15 is 0 Å². The fourth-order valence-electron chi connectivity index (χ4n) is 3.85. The third-order valence-electron chi connectivity index (χ3n) is 5.31. The van der Waals surface area contributed by atoms with E-state index in [9.17, 15) is 5.26 Å². The van der Waals surface area contributed by atoms with Crippen LogP contribution in [0, 0.1) is 18.3 Å². The Balaban J connectivity index is 1.81. The predicted octanol–water partition coefficient (Wildman–Crippen LogP) is 3.39. The summed E-state index contributed by atoms with van der Waals surface area (Å²) >= 11 is 0. The molecule has 0 fully saturated rings. The third-order valence-corrected chi connectivity index (χ3v) is 5.31. The largest absolute Gasteiger partial charge is 0.482 e. The molecule has 0 aliphatic carbocycles. The topological polar surface area (TPSA) is 108 Å². The summed E-state index contributed by atoms with van der Waals surface area (Å²) in [6, 6.07) is 12.1. The molecule has 4 aromatic rings. The summed E-state index contributed by atoms with van der Waals surface area (Å²) in [6.07, 6.45) is 4.77. The van der Waals surface area contributed by atoms with Crippen LogP contribution in [0.15, 0.2) is 49.1 Å². The molecule has 8 nitrogen and oxygen atoms in total. The van der Waals surface area contributed by atoms with Gasteiger partial charge >= 0.3 is 0 Å². The molecule has 4 heterocycles. The van der Waals surface area contributed by atoms with Gasteiger partial charge in [0.05, 0.1) is 29.9 Å². The SMILES string of the molecule is Cc1ccc2c(c1)[C@@H](C)Oc1cc(cnc1N)-c1c(C#N)ncn1Cc1ccnn1-2. The van der Waals surface area contributed by atoms with Crippen LogP contribution in [0.5, 0.6) is 5.75 Å². The summed E-state index contributed by atoms with van der Waals surface area (Å²) in [5.41, 5.74) is 11.8. The van der Waals surface area contributed by atoms with Gasteiger partial charge in [0.2, 0.25) is 0 Å². The van der Waals surface area contributed by atoms with Gasteiger partial charge in [-0.25, -0.2) is 14.6 Å². The Kier molecular flexibility index (Phi) is 4.03. The highest BCUT2D eigenvalue weighted by Crippen LogP contribution is 2.35. The van der Waals surface area contributed by atoms with Crippen molar-refractivity contribution < 1.29 is 4.74 Å². The van der Waals surface area contributed by atoms with E-state index in [1.54, 1.807) is 18.7 Å². The maximum Gasteiger partial charge on any atom is 0.166 e. The Morgan fingerprint density at radius 1 is 1.23 bits per heavy atom. The van der Waals surface area contributed by atoms with Crippen LogP contribution in [-0.2, 0) is 6.54 Å². The highest BCUT2D eigenvalue weighted by molar-refractivity contribution is 5.69. The minimum Gasteiger partial charge on any atom is -0.482 e. The lowest BCUT2D eigenvalue weighted by molar-refractivity contribution is 0.227. The van der Waals surface area contributed by atoms with Gasteiger partial charge in [-0.05, 0) is 32.0 Å². The first-order valence-electron chi connectivity index (χ1n) is 9.56. The average molecular weight is 397 g/mol. The molecule has 0 amide bonds. The first kappa shape index (κ1) is 17.9. The lowest BCUT2D eigenvalue weighted by atomic mass is 10.0. The zero-order chi connectivity index (χ0) is 20.8. The van der Waals surface area contributed by atoms with Gasteiger partial charge in [-0.2, -0.15) is 10.4 Å². The van der Waals surface area contributed by atoms with Gasteiger partial charge in [-0.3, -0.25) is 0 Å². The number of hydrogen-bond donors (Lipinski definition) is 1. The van der Waals surface area contributed by atoms with E-state index in [-0.39, 0.29) is 6.10 Å². The smallest absolute Gasteiger partial charge is 0.166 e. The van der Waals surface area contributed by atoms with Crippen LogP contribution in [0.25, 0.3) is 16.9 Å². The number of nitriles is 1. The number of nitrogen functional groups attached to an aromatic ring is 1. The number of aromatic nitrogens is 5. The molecule has 1 aliphatic heterocycles. The van der Waals surface area contributed by atoms with Crippen LogP contribution < -0.4 is 10.5 Å². The normalized spacial score (nSPS) is 14.9. The Morgan fingerprint density at radius 2 is 2.10 bits per heavy atom. The number of aryl methyl sites for hydroxylation is 1. The fourth-order valence-corrected chi connectivity index (χ4v) is 3.85. The molecular weight excluding hydrogens is 378 g/mol. The number of benzene rings is 1. The van der Waals surface area contributed by atoms with E-state index < -0.39 is 0 Å². The number of nitrogens with two attached hydrogens (primary N) is 1. The Morgan fingerprint density at radius 3 is 2.93 bits per heavy atom. The van der Waals surface area contributed by atoms with Crippen molar-refractivity contribution in [2.45, 2.75) is 26.5 Å². The lowest BCUT2D eigenvalue weighted by Gasteiger charge is -2.22. The number of pyridine rings is 1. The first-order valence-corrected chi connectivity index (χ1v) is 9.56. The maximum absolute atomic E-state index is 9.59. The standard InChI is InChI=1S/C22H19N7O/c1-13-3-4-19-17(7-13)14(2)30-20-8-15(10-25-22(20)24)21-18(9-23)26-12-28(21)11-16-5-6-27-29(16)19/h3-8,10,12,14H,11H2,1-2H3,(H2,24,25)/t14-/m1/s1. The number of hydrogen-bond acceptors (Lipinski definition) is 6. The molecule has 2 bridgehead atoms. The molecule has 0 radical (unpaired) electrons. The summed E-state index contributed by atoms with van der Waals surface area (Å²) < 4.78 is 10.1. The summed E-state index contributed by atoms with van der Waals surface area (Å²) in [7, 11) is 0. The molecule has 8 heteroatoms. The Labute approximate surface area is 173 Å². The zero-order valence-electron chi connectivity index (χ0n) is 16.6. The molecular formula is C22H19N7O. The quantitative estimate of drug-likeness (QED) is 0.487. The van der Waals surface area contributed by atoms with Crippen LogP contribution in [0.4, 0.5) is 5.82 Å². The number of nitrogens with zero attached hydrogens (tertiary/aromatic N) is 6. The number of rotatable bonds is 0. The first-order chi connectivity index (χ1) is 14.5. The minimum atomic E-state index is -0.295. The van der Waals surface area contributed by atoms with Gasteiger partial charge in [-0.15, -0.1) is 0 Å². The van der Waals surface area contributed by atoms with Gasteiger partial charge in [0.25, 0.3) is 0 Å². The van der Waals surface area contributed by atoms with Crippen LogP contribution in [0.3, 0.4) is 0 Å². The van der Waals surface area contributed by atoms with Crippen molar-refractivity contribution >= 4 is 5.82 Å². The minimum absolute atomic E-state index is 0.293. The fraction of sp³-hybridized carbons (Fsp3) is 0.182. The molecule has 5 rings (SSSR count). The monoisotopic (exact) mass is 397 g/mol. The highest BCUT2D eigenvalue weighted by Gasteiger charge is 2.22. The predicted molar refractivity (Wildman–Crippen MR) is 111 cm³/mol. The van der Waals surface area contributed by atoms with Crippen molar-refractivity contribution in [3.05, 3.63) is 71.6 Å². The van der Waals surface area contributed by atoms with E-state index in [4.69, 9.17) is 10.5 Å². The van der Waals surface area contributed by atoms with Crippen molar-refractivity contribution in [2.24, 2.45) is 0 Å². The Hall–Kier alpha value is -4.12. The number of anilines is 1. The molecule has 1 aromatic carbocycles. The highest BCUT2D eigenvalue weighted by atomic mass is 16.5. The van der Waals surface area contributed by atoms with Crippen molar-refractivity contribution in [3.8, 4) is 28.8 Å². The van der Waals surface area contributed by atoms with Crippen LogP contribution in [0.1, 0.15) is 35.5 Å². The van der Waals surface area contributed by atoms with Gasteiger partial charge in [0.15, 0.2) is 17.3 Å². The molecule has 148 valence electrons. The summed E-state index contributed by atoms with van der Waals surface area (Å²) in [4.78, 5) is 8.59. The molecule has 3 aromatic heterocycles. The van der Waals surface area contributed by atoms with Crippen molar-refractivity contribution in [1.29, 1.82) is 5.26 Å². The number of fused-ring (bicyclic) bond motifs is 7. The molecule has 1 aliphatic rings. The summed E-state index contributed by atoms with van der Waals surface area (Å²) in [5.74, 6) is 0.756. The molecule has 0 unspecified atom stereocenters. The second-order valence-electron chi connectivity index (χ2n) is 7.35. The van der Waals surface area contributed by atoms with Crippen molar-refractivity contribution in [3.63, 3.8) is 0 Å². The molecule has 2 N–H and O–H groups in total. The third kappa shape index (κ3) is 2.79. The van der Waals surface area contributed by atoms with E-state index in [0.29, 0.717) is 29.5 Å². The van der Waals surface area contributed by atoms with Crippen LogP contribution in [0.2, 0.25) is 0 Å². The molecule has 30 heavy (non-hydrogen) atoms. The second-order valence-corrected chi connectivity index (χ2v) is 7.35. The van der Waals surface area contributed by atoms with Crippen molar-refractivity contribution in [1.82, 2.24) is 24.3 Å². The van der Waals surface area contributed by atoms with E-state index in [0.717, 1.165) is 28.1 Å². The van der Waals surface area contributed by atoms with Crippen molar-refractivity contribution in [2.75, 3.05) is 5.73 Å². The van der Waals surface area contributed by atoms with Crippen LogP contribution >= 0.6 is 0 Å². The molecule has 1 atom stereocenters. The number of imidazole rings is 1. The van der Waals surface area contributed by atoms with Crippen LogP contribution in [-0.4, -0.2) is 24.3 Å². The number of ether oxygens (including phenoxy) is 1. The maximum atomic E-state index is 9.59. The Bertz CT molecular complexity index is 1310. The van der Waals surface area contributed by atoms with E-state index in [1.165, 1.54) is 0 Å². The molecule has 0 spiro atoms. The van der Waals surface area contributed by atoms with Gasteiger partial charge < -0.3 is 15.0 Å². The van der Waals surface area contributed by atoms with E-state index in [1.807, 2.05) is 41.3 Å². The summed E-state index contributed by atoms with van der Waals surface area (Å²) in [6.45, 7) is 4.52. The zero-order valence-corrected chi connectivity index (χ0v) is 16.6.